The second kappa shape index (κ2) is 4.29. The molecule has 1 amide bonds. The molecule has 0 spiro atoms. The highest BCUT2D eigenvalue weighted by atomic mass is 16.1. The van der Waals surface area contributed by atoms with Crippen molar-refractivity contribution < 1.29 is 4.79 Å². The van der Waals surface area contributed by atoms with Gasteiger partial charge in [0.2, 0.25) is 5.91 Å². The molecule has 2 rings (SSSR count). The molecule has 2 fully saturated rings. The highest BCUT2D eigenvalue weighted by Crippen LogP contribution is 2.61. The highest BCUT2D eigenvalue weighted by Gasteiger charge is 2.60. The quantitative estimate of drug-likeness (QED) is 0.796. The minimum atomic E-state index is 0.0285. The summed E-state index contributed by atoms with van der Waals surface area (Å²) in [5.41, 5.74) is 0.290. The van der Waals surface area contributed by atoms with Gasteiger partial charge in [-0.1, -0.05) is 27.2 Å². The number of hydrogen-bond donors (Lipinski definition) is 1. The molecule has 2 bridgehead atoms. The van der Waals surface area contributed by atoms with Gasteiger partial charge in [-0.2, -0.15) is 0 Å². The number of amides is 1. The Bertz CT molecular complexity index is 310. The lowest BCUT2D eigenvalue weighted by Crippen LogP contribution is -2.59. The summed E-state index contributed by atoms with van der Waals surface area (Å²) in [5, 5.41) is 3.37. The number of carbonyl (C=O) groups is 1. The van der Waals surface area contributed by atoms with E-state index in [9.17, 15) is 4.79 Å². The molecule has 0 unspecified atom stereocenters. The molecule has 0 aliphatic heterocycles. The molecule has 0 heterocycles. The Kier molecular flexibility index (Phi) is 3.26. The average Bonchev–Trinajstić information content (AvgIpc) is 2.80. The van der Waals surface area contributed by atoms with Crippen LogP contribution in [0, 0.1) is 17.3 Å². The molecular formula is C15H27NO. The van der Waals surface area contributed by atoms with Crippen LogP contribution in [0.2, 0.25) is 0 Å². The lowest BCUT2D eigenvalue weighted by molar-refractivity contribution is -0.125. The van der Waals surface area contributed by atoms with Crippen molar-refractivity contribution in [3.63, 3.8) is 0 Å². The van der Waals surface area contributed by atoms with Crippen molar-refractivity contribution in [1.82, 2.24) is 5.32 Å². The monoisotopic (exact) mass is 237 g/mol. The molecule has 98 valence electrons. The van der Waals surface area contributed by atoms with Crippen LogP contribution < -0.4 is 5.32 Å². The van der Waals surface area contributed by atoms with E-state index in [0.29, 0.717) is 12.3 Å². The van der Waals surface area contributed by atoms with E-state index in [2.05, 4.69) is 33.0 Å². The summed E-state index contributed by atoms with van der Waals surface area (Å²) in [6.07, 6.45) is 6.78. The molecule has 0 saturated heterocycles. The van der Waals surface area contributed by atoms with Crippen LogP contribution in [-0.2, 0) is 4.79 Å². The van der Waals surface area contributed by atoms with Gasteiger partial charge in [0.25, 0.3) is 0 Å². The fraction of sp³-hybridized carbons (Fsp3) is 0.933. The normalized spacial score (nSPS) is 38.4. The number of rotatable bonds is 4. The van der Waals surface area contributed by atoms with Crippen LogP contribution in [0.25, 0.3) is 0 Å². The molecule has 0 aromatic heterocycles. The van der Waals surface area contributed by atoms with Crippen LogP contribution in [-0.4, -0.2) is 11.4 Å². The number of nitrogens with one attached hydrogen (secondary N) is 1. The van der Waals surface area contributed by atoms with Gasteiger partial charge in [-0.05, 0) is 49.9 Å². The van der Waals surface area contributed by atoms with Gasteiger partial charge in [0.05, 0.1) is 0 Å². The number of carbonyl (C=O) groups excluding carboxylic acids is 1. The molecule has 2 aliphatic carbocycles. The largest absolute Gasteiger partial charge is 0.350 e. The molecule has 2 nitrogen and oxygen atoms in total. The van der Waals surface area contributed by atoms with Gasteiger partial charge in [-0.15, -0.1) is 0 Å². The van der Waals surface area contributed by atoms with Crippen LogP contribution in [0.1, 0.15) is 66.2 Å². The standard InChI is InChI=1S/C15H27NO/c1-5-6-7-13(17)16-15(4)12-9-8-11(10-12)14(15,2)3/h11-12H,5-10H2,1-4H3,(H,16,17)/t11-,12-,15+/m0/s1. The third-order valence-corrected chi connectivity index (χ3v) is 5.76. The van der Waals surface area contributed by atoms with Crippen LogP contribution in [0.4, 0.5) is 0 Å². The van der Waals surface area contributed by atoms with E-state index in [0.717, 1.165) is 18.8 Å². The van der Waals surface area contributed by atoms with Gasteiger partial charge < -0.3 is 5.32 Å². The lowest BCUT2D eigenvalue weighted by atomic mass is 9.64. The van der Waals surface area contributed by atoms with Crippen LogP contribution in [0.5, 0.6) is 0 Å². The Morgan fingerprint density at radius 1 is 1.24 bits per heavy atom. The maximum absolute atomic E-state index is 12.0. The van der Waals surface area contributed by atoms with Gasteiger partial charge >= 0.3 is 0 Å². The van der Waals surface area contributed by atoms with Gasteiger partial charge in [-0.25, -0.2) is 0 Å². The van der Waals surface area contributed by atoms with Crippen LogP contribution in [0.15, 0.2) is 0 Å². The van der Waals surface area contributed by atoms with Crippen molar-refractivity contribution in [3.05, 3.63) is 0 Å². The van der Waals surface area contributed by atoms with E-state index in [1.165, 1.54) is 19.3 Å². The van der Waals surface area contributed by atoms with Crippen molar-refractivity contribution in [2.75, 3.05) is 0 Å². The van der Waals surface area contributed by atoms with Crippen molar-refractivity contribution in [1.29, 1.82) is 0 Å². The minimum Gasteiger partial charge on any atom is -0.350 e. The molecule has 0 aromatic carbocycles. The summed E-state index contributed by atoms with van der Waals surface area (Å²) < 4.78 is 0. The Labute approximate surface area is 106 Å². The summed E-state index contributed by atoms with van der Waals surface area (Å²) in [6.45, 7) is 9.10. The average molecular weight is 237 g/mol. The third kappa shape index (κ3) is 1.90. The fourth-order valence-electron chi connectivity index (χ4n) is 4.06. The number of unbranched alkanes of at least 4 members (excludes halogenated alkanes) is 1. The predicted molar refractivity (Wildman–Crippen MR) is 70.7 cm³/mol. The summed E-state index contributed by atoms with van der Waals surface area (Å²) in [7, 11) is 0. The van der Waals surface area contributed by atoms with Crippen molar-refractivity contribution in [2.45, 2.75) is 71.8 Å². The molecule has 1 N–H and O–H groups in total. The summed E-state index contributed by atoms with van der Waals surface area (Å²) in [6, 6.07) is 0. The molecule has 0 radical (unpaired) electrons. The van der Waals surface area contributed by atoms with E-state index < -0.39 is 0 Å². The number of fused-ring (bicyclic) bond motifs is 2. The van der Waals surface area contributed by atoms with E-state index >= 15 is 0 Å². The van der Waals surface area contributed by atoms with E-state index in [1.54, 1.807) is 0 Å². The van der Waals surface area contributed by atoms with E-state index in [1.807, 2.05) is 0 Å². The van der Waals surface area contributed by atoms with Crippen molar-refractivity contribution >= 4 is 5.91 Å². The maximum atomic E-state index is 12.0. The van der Waals surface area contributed by atoms with Crippen LogP contribution >= 0.6 is 0 Å². The summed E-state index contributed by atoms with van der Waals surface area (Å²) in [4.78, 5) is 12.0. The summed E-state index contributed by atoms with van der Waals surface area (Å²) >= 11 is 0. The molecule has 3 atom stereocenters. The topological polar surface area (TPSA) is 29.1 Å². The zero-order chi connectivity index (χ0) is 12.7. The van der Waals surface area contributed by atoms with Gasteiger partial charge in [-0.3, -0.25) is 4.79 Å². The van der Waals surface area contributed by atoms with Crippen LogP contribution in [0.3, 0.4) is 0 Å². The zero-order valence-corrected chi connectivity index (χ0v) is 11.8. The Morgan fingerprint density at radius 3 is 2.41 bits per heavy atom. The number of hydrogen-bond acceptors (Lipinski definition) is 1. The smallest absolute Gasteiger partial charge is 0.220 e. The molecule has 17 heavy (non-hydrogen) atoms. The zero-order valence-electron chi connectivity index (χ0n) is 11.8. The maximum Gasteiger partial charge on any atom is 0.220 e. The lowest BCUT2D eigenvalue weighted by Gasteiger charge is -2.48. The second-order valence-corrected chi connectivity index (χ2v) is 6.78. The molecule has 2 saturated carbocycles. The Hall–Kier alpha value is -0.530. The van der Waals surface area contributed by atoms with E-state index in [4.69, 9.17) is 0 Å². The fourth-order valence-corrected chi connectivity index (χ4v) is 4.06. The van der Waals surface area contributed by atoms with Gasteiger partial charge in [0, 0.05) is 12.0 Å². The second-order valence-electron chi connectivity index (χ2n) is 6.78. The van der Waals surface area contributed by atoms with Gasteiger partial charge in [0.15, 0.2) is 0 Å². The Balaban J connectivity index is 2.06. The molecule has 0 aromatic rings. The highest BCUT2D eigenvalue weighted by molar-refractivity contribution is 5.77. The first-order valence-electron chi connectivity index (χ1n) is 7.23. The summed E-state index contributed by atoms with van der Waals surface area (Å²) in [5.74, 6) is 1.77. The SMILES string of the molecule is CCCCC(=O)N[C@]1(C)[C@H]2CC[C@@H](C2)C1(C)C. The molecular weight excluding hydrogens is 210 g/mol. The predicted octanol–water partition coefficient (Wildman–Crippen LogP) is 3.51. The van der Waals surface area contributed by atoms with Crippen molar-refractivity contribution in [2.24, 2.45) is 17.3 Å². The van der Waals surface area contributed by atoms with Crippen molar-refractivity contribution in [3.8, 4) is 0 Å². The first-order valence-corrected chi connectivity index (χ1v) is 7.23. The first kappa shape index (κ1) is 12.9. The molecule has 2 aliphatic rings. The van der Waals surface area contributed by atoms with E-state index in [-0.39, 0.29) is 16.9 Å². The Morgan fingerprint density at radius 2 is 1.88 bits per heavy atom. The molecule has 2 heteroatoms. The first-order chi connectivity index (χ1) is 7.91. The minimum absolute atomic E-state index is 0.0285. The third-order valence-electron chi connectivity index (χ3n) is 5.76. The van der Waals surface area contributed by atoms with Gasteiger partial charge in [0.1, 0.15) is 0 Å².